The van der Waals surface area contributed by atoms with E-state index in [1.165, 1.54) is 22.8 Å². The summed E-state index contributed by atoms with van der Waals surface area (Å²) in [4.78, 5) is 53.0. The lowest BCUT2D eigenvalue weighted by Crippen LogP contribution is -2.54. The summed E-state index contributed by atoms with van der Waals surface area (Å²) in [6, 6.07) is 10.0. The maximum absolute atomic E-state index is 13.5. The van der Waals surface area contributed by atoms with Crippen molar-refractivity contribution in [3.63, 3.8) is 0 Å². The summed E-state index contributed by atoms with van der Waals surface area (Å²) >= 11 is 6.07. The number of hydrogen-bond acceptors (Lipinski definition) is 7. The van der Waals surface area contributed by atoms with Gasteiger partial charge in [0.05, 0.1) is 33.7 Å². The van der Waals surface area contributed by atoms with Gasteiger partial charge in [-0.2, -0.15) is 9.57 Å². The van der Waals surface area contributed by atoms with Crippen LogP contribution in [0.25, 0.3) is 10.9 Å². The molecule has 1 aliphatic heterocycles. The zero-order chi connectivity index (χ0) is 31.9. The Kier molecular flexibility index (Phi) is 8.71. The molecule has 0 bridgehead atoms. The summed E-state index contributed by atoms with van der Waals surface area (Å²) in [6.45, 7) is 3.96. The topological polar surface area (TPSA) is 163 Å². The molecule has 2 aliphatic rings. The van der Waals surface area contributed by atoms with Crippen molar-refractivity contribution in [3.05, 3.63) is 73.4 Å². The maximum Gasteiger partial charge on any atom is 0.331 e. The number of aromatic nitrogens is 2. The molecule has 12 nitrogen and oxygen atoms in total. The van der Waals surface area contributed by atoms with Crippen molar-refractivity contribution in [3.8, 4) is 6.07 Å². The molecule has 2 aromatic carbocycles. The number of hydrogen-bond donors (Lipinski definition) is 2. The third-order valence-corrected chi connectivity index (χ3v) is 9.58. The minimum atomic E-state index is -3.71. The quantitative estimate of drug-likeness (QED) is 0.382. The zero-order valence-corrected chi connectivity index (χ0v) is 26.1. The largest absolute Gasteiger partial charge is 0.348 e. The molecule has 3 aromatic rings. The lowest BCUT2D eigenvalue weighted by molar-refractivity contribution is -0.121. The molecule has 2 amide bonds. The molecule has 1 saturated heterocycles. The highest BCUT2D eigenvalue weighted by atomic mass is 35.5. The standard InChI is InChI=1S/C30H33ClN6O6S/c1-17(2)37-26-9-8-22(12-24(26)29(40)36(30(37)41)14-18-4-5-18)33-28(39)21-10-23(16-35(15-21)44(3,42)43)34-27(38)19-6-7-20(13-32)25(31)11-19/h6-9,11-12,17-18,21,23H,4-5,10,14-16H2,1-3H3,(H,33,39)(H,34,38)/t21-,23+/m1/s1. The first-order valence-corrected chi connectivity index (χ1v) is 16.5. The average Bonchev–Trinajstić information content (AvgIpc) is 3.79. The Hall–Kier alpha value is -3.99. The van der Waals surface area contributed by atoms with Gasteiger partial charge < -0.3 is 10.6 Å². The number of carbonyl (C=O) groups is 2. The second-order valence-corrected chi connectivity index (χ2v) is 14.2. The number of nitriles is 1. The predicted molar refractivity (Wildman–Crippen MR) is 166 cm³/mol. The highest BCUT2D eigenvalue weighted by molar-refractivity contribution is 7.88. The summed E-state index contributed by atoms with van der Waals surface area (Å²) in [6.07, 6.45) is 3.13. The number of piperidine rings is 1. The Morgan fingerprint density at radius 3 is 2.45 bits per heavy atom. The van der Waals surface area contributed by atoms with Gasteiger partial charge in [-0.25, -0.2) is 13.2 Å². The van der Waals surface area contributed by atoms with Crippen LogP contribution in [0.15, 0.2) is 46.0 Å². The molecule has 1 aliphatic carbocycles. The van der Waals surface area contributed by atoms with Crippen LogP contribution in [0.5, 0.6) is 0 Å². The lowest BCUT2D eigenvalue weighted by Gasteiger charge is -2.36. The number of benzene rings is 2. The molecule has 2 heterocycles. The second-order valence-electron chi connectivity index (χ2n) is 11.8. The smallest absolute Gasteiger partial charge is 0.331 e. The molecular weight excluding hydrogens is 608 g/mol. The summed E-state index contributed by atoms with van der Waals surface area (Å²) in [7, 11) is -3.71. The van der Waals surface area contributed by atoms with Gasteiger partial charge in [0.2, 0.25) is 15.9 Å². The number of nitrogens with one attached hydrogen (secondary N) is 2. The lowest BCUT2D eigenvalue weighted by atomic mass is 9.94. The van der Waals surface area contributed by atoms with Crippen LogP contribution >= 0.6 is 11.6 Å². The van der Waals surface area contributed by atoms with E-state index in [0.29, 0.717) is 29.1 Å². The number of fused-ring (bicyclic) bond motifs is 1. The molecule has 2 atom stereocenters. The van der Waals surface area contributed by atoms with E-state index < -0.39 is 39.4 Å². The van der Waals surface area contributed by atoms with Gasteiger partial charge in [-0.1, -0.05) is 11.6 Å². The van der Waals surface area contributed by atoms with E-state index in [2.05, 4.69) is 10.6 Å². The van der Waals surface area contributed by atoms with Gasteiger partial charge in [0, 0.05) is 43.0 Å². The molecule has 2 N–H and O–H groups in total. The Labute approximate surface area is 259 Å². The first-order valence-electron chi connectivity index (χ1n) is 14.3. The molecule has 44 heavy (non-hydrogen) atoms. The molecule has 14 heteroatoms. The minimum absolute atomic E-state index is 0.0262. The van der Waals surface area contributed by atoms with Gasteiger partial charge in [-0.05, 0) is 75.4 Å². The van der Waals surface area contributed by atoms with E-state index in [1.54, 1.807) is 22.8 Å². The molecule has 1 aromatic heterocycles. The van der Waals surface area contributed by atoms with E-state index in [1.807, 2.05) is 19.9 Å². The van der Waals surface area contributed by atoms with Crippen LogP contribution < -0.4 is 21.9 Å². The van der Waals surface area contributed by atoms with Crippen LogP contribution in [0, 0.1) is 23.2 Å². The molecule has 232 valence electrons. The van der Waals surface area contributed by atoms with E-state index >= 15 is 0 Å². The van der Waals surface area contributed by atoms with Crippen LogP contribution in [0.1, 0.15) is 55.1 Å². The fourth-order valence-electron chi connectivity index (χ4n) is 5.56. The van der Waals surface area contributed by atoms with Crippen LogP contribution in [0.4, 0.5) is 5.69 Å². The number of anilines is 1. The fraction of sp³-hybridized carbons (Fsp3) is 0.433. The van der Waals surface area contributed by atoms with Crippen molar-refractivity contribution in [2.45, 2.75) is 51.7 Å². The number of nitrogens with zero attached hydrogens (tertiary/aromatic N) is 4. The number of amides is 2. The van der Waals surface area contributed by atoms with Crippen molar-refractivity contribution < 1.29 is 18.0 Å². The van der Waals surface area contributed by atoms with Crippen molar-refractivity contribution in [1.82, 2.24) is 18.8 Å². The van der Waals surface area contributed by atoms with Crippen LogP contribution in [0.2, 0.25) is 5.02 Å². The number of sulfonamides is 1. The molecular formula is C30H33ClN6O6S. The maximum atomic E-state index is 13.5. The monoisotopic (exact) mass is 640 g/mol. The Morgan fingerprint density at radius 2 is 1.84 bits per heavy atom. The summed E-state index contributed by atoms with van der Waals surface area (Å²) in [5.41, 5.74) is 0.415. The molecule has 0 radical (unpaired) electrons. The van der Waals surface area contributed by atoms with E-state index in [9.17, 15) is 27.6 Å². The predicted octanol–water partition coefficient (Wildman–Crippen LogP) is 2.70. The average molecular weight is 641 g/mol. The SMILES string of the molecule is CC(C)n1c(=O)n(CC2CC2)c(=O)c2cc(NC(=O)[C@@H]3C[C@H](NC(=O)c4ccc(C#N)c(Cl)c4)CN(S(C)(=O)=O)C3)ccc21. The first kappa shape index (κ1) is 31.4. The van der Waals surface area contributed by atoms with E-state index in [4.69, 9.17) is 16.9 Å². The zero-order valence-electron chi connectivity index (χ0n) is 24.5. The van der Waals surface area contributed by atoms with Gasteiger partial charge in [0.1, 0.15) is 6.07 Å². The highest BCUT2D eigenvalue weighted by Gasteiger charge is 2.36. The normalized spacial score (nSPS) is 19.1. The van der Waals surface area contributed by atoms with Crippen molar-refractivity contribution in [1.29, 1.82) is 5.26 Å². The summed E-state index contributed by atoms with van der Waals surface area (Å²) < 4.78 is 29.0. The third-order valence-electron chi connectivity index (χ3n) is 8.03. The molecule has 2 fully saturated rings. The second kappa shape index (κ2) is 12.2. The van der Waals surface area contributed by atoms with Crippen LogP contribution in [-0.2, 0) is 21.4 Å². The Bertz CT molecular complexity index is 1920. The van der Waals surface area contributed by atoms with Gasteiger partial charge in [0.15, 0.2) is 0 Å². The van der Waals surface area contributed by atoms with Crippen LogP contribution in [0.3, 0.4) is 0 Å². The van der Waals surface area contributed by atoms with Crippen molar-refractivity contribution >= 4 is 50.0 Å². The van der Waals surface area contributed by atoms with Crippen molar-refractivity contribution in [2.24, 2.45) is 11.8 Å². The van der Waals surface area contributed by atoms with Gasteiger partial charge in [-0.15, -0.1) is 0 Å². The number of carbonyl (C=O) groups excluding carboxylic acids is 2. The summed E-state index contributed by atoms with van der Waals surface area (Å²) in [5.74, 6) is -1.52. The Morgan fingerprint density at radius 1 is 1.11 bits per heavy atom. The fourth-order valence-corrected chi connectivity index (χ4v) is 6.69. The molecule has 0 unspecified atom stereocenters. The Balaban J connectivity index is 1.39. The molecule has 0 spiro atoms. The van der Waals surface area contributed by atoms with Gasteiger partial charge >= 0.3 is 5.69 Å². The third kappa shape index (κ3) is 6.57. The number of halogens is 1. The summed E-state index contributed by atoms with van der Waals surface area (Å²) in [5, 5.41) is 15.1. The number of rotatable bonds is 8. The molecule has 5 rings (SSSR count). The van der Waals surface area contributed by atoms with E-state index in [-0.39, 0.29) is 47.4 Å². The van der Waals surface area contributed by atoms with E-state index in [0.717, 1.165) is 23.4 Å². The first-order chi connectivity index (χ1) is 20.8. The molecule has 1 saturated carbocycles. The minimum Gasteiger partial charge on any atom is -0.348 e. The van der Waals surface area contributed by atoms with Gasteiger partial charge in [0.25, 0.3) is 11.5 Å². The van der Waals surface area contributed by atoms with Crippen LogP contribution in [-0.4, -0.2) is 59.1 Å². The highest BCUT2D eigenvalue weighted by Crippen LogP contribution is 2.30. The van der Waals surface area contributed by atoms with Gasteiger partial charge in [-0.3, -0.25) is 23.5 Å². The van der Waals surface area contributed by atoms with Crippen molar-refractivity contribution in [2.75, 3.05) is 24.7 Å².